The standard InChI is InChI=1S/C21H26N4O4S/c1-15(12-27-2)25-19(13-28-3)23-24-21(25)30-14-16-7-4-5-9-18(16)20(26)22-11-17-8-6-10-29-17/h4-10,15H,11-14H2,1-3H3,(H,22,26). The second-order valence-corrected chi connectivity index (χ2v) is 7.66. The molecule has 1 N–H and O–H groups in total. The van der Waals surface area contributed by atoms with Crippen LogP contribution in [0.15, 0.2) is 52.2 Å². The summed E-state index contributed by atoms with van der Waals surface area (Å²) in [6.07, 6.45) is 1.59. The van der Waals surface area contributed by atoms with E-state index in [1.807, 2.05) is 41.8 Å². The number of aromatic nitrogens is 3. The van der Waals surface area contributed by atoms with Crippen molar-refractivity contribution in [2.45, 2.75) is 37.0 Å². The van der Waals surface area contributed by atoms with Crippen LogP contribution in [-0.4, -0.2) is 41.5 Å². The molecule has 1 atom stereocenters. The zero-order chi connectivity index (χ0) is 21.3. The van der Waals surface area contributed by atoms with Crippen molar-refractivity contribution in [1.82, 2.24) is 20.1 Å². The first-order valence-corrected chi connectivity index (χ1v) is 10.6. The van der Waals surface area contributed by atoms with Gasteiger partial charge in [0.25, 0.3) is 5.91 Å². The van der Waals surface area contributed by atoms with E-state index in [-0.39, 0.29) is 11.9 Å². The summed E-state index contributed by atoms with van der Waals surface area (Å²) >= 11 is 1.53. The fourth-order valence-corrected chi connectivity index (χ4v) is 4.14. The molecular weight excluding hydrogens is 404 g/mol. The van der Waals surface area contributed by atoms with Crippen LogP contribution < -0.4 is 5.32 Å². The number of amides is 1. The summed E-state index contributed by atoms with van der Waals surface area (Å²) in [6.45, 7) is 3.30. The van der Waals surface area contributed by atoms with Gasteiger partial charge >= 0.3 is 0 Å². The Morgan fingerprint density at radius 3 is 2.77 bits per heavy atom. The Kier molecular flexibility index (Phi) is 8.06. The van der Waals surface area contributed by atoms with Gasteiger partial charge in [0.1, 0.15) is 12.4 Å². The first kappa shape index (κ1) is 22.1. The van der Waals surface area contributed by atoms with Crippen LogP contribution in [0.3, 0.4) is 0 Å². The van der Waals surface area contributed by atoms with Gasteiger partial charge in [-0.25, -0.2) is 0 Å². The second kappa shape index (κ2) is 11.0. The minimum absolute atomic E-state index is 0.0597. The molecule has 0 saturated heterocycles. The van der Waals surface area contributed by atoms with E-state index < -0.39 is 0 Å². The van der Waals surface area contributed by atoms with Crippen molar-refractivity contribution in [3.05, 3.63) is 65.4 Å². The van der Waals surface area contributed by atoms with E-state index in [0.717, 1.165) is 16.5 Å². The number of methoxy groups -OCH3 is 2. The molecule has 1 unspecified atom stereocenters. The Bertz CT molecular complexity index is 942. The van der Waals surface area contributed by atoms with E-state index in [9.17, 15) is 4.79 Å². The summed E-state index contributed by atoms with van der Waals surface area (Å²) in [5.74, 6) is 1.89. The Hall–Kier alpha value is -2.62. The molecule has 1 amide bonds. The summed E-state index contributed by atoms with van der Waals surface area (Å²) in [6, 6.07) is 11.2. The Labute approximate surface area is 180 Å². The zero-order valence-corrected chi connectivity index (χ0v) is 18.1. The van der Waals surface area contributed by atoms with Crippen LogP contribution in [0.4, 0.5) is 0 Å². The van der Waals surface area contributed by atoms with Crippen molar-refractivity contribution >= 4 is 17.7 Å². The van der Waals surface area contributed by atoms with Gasteiger partial charge in [0.05, 0.1) is 25.5 Å². The number of hydrogen-bond donors (Lipinski definition) is 1. The molecule has 0 radical (unpaired) electrons. The lowest BCUT2D eigenvalue weighted by Crippen LogP contribution is -2.23. The molecule has 160 valence electrons. The van der Waals surface area contributed by atoms with Gasteiger partial charge in [0, 0.05) is 25.5 Å². The highest BCUT2D eigenvalue weighted by Crippen LogP contribution is 2.27. The van der Waals surface area contributed by atoms with Gasteiger partial charge in [0.15, 0.2) is 11.0 Å². The molecule has 0 bridgehead atoms. The lowest BCUT2D eigenvalue weighted by atomic mass is 10.1. The summed E-state index contributed by atoms with van der Waals surface area (Å²) in [5.41, 5.74) is 1.55. The Morgan fingerprint density at radius 1 is 1.20 bits per heavy atom. The number of hydrogen-bond acceptors (Lipinski definition) is 7. The van der Waals surface area contributed by atoms with Crippen molar-refractivity contribution in [2.24, 2.45) is 0 Å². The topological polar surface area (TPSA) is 91.4 Å². The normalized spacial score (nSPS) is 12.1. The molecule has 0 saturated carbocycles. The molecule has 0 aliphatic heterocycles. The average Bonchev–Trinajstić information content (AvgIpc) is 3.41. The average molecular weight is 431 g/mol. The number of benzene rings is 1. The van der Waals surface area contributed by atoms with E-state index in [0.29, 0.717) is 36.8 Å². The summed E-state index contributed by atoms with van der Waals surface area (Å²) in [5, 5.41) is 12.2. The molecule has 2 heterocycles. The quantitative estimate of drug-likeness (QED) is 0.466. The third-order valence-electron chi connectivity index (χ3n) is 4.48. The van der Waals surface area contributed by atoms with Crippen LogP contribution in [-0.2, 0) is 28.4 Å². The maximum Gasteiger partial charge on any atom is 0.251 e. The third-order valence-corrected chi connectivity index (χ3v) is 5.47. The molecule has 3 rings (SSSR count). The fourth-order valence-electron chi connectivity index (χ4n) is 3.08. The smallest absolute Gasteiger partial charge is 0.251 e. The van der Waals surface area contributed by atoms with Crippen LogP contribution in [0.1, 0.15) is 40.5 Å². The van der Waals surface area contributed by atoms with Gasteiger partial charge in [-0.05, 0) is 30.7 Å². The Balaban J connectivity index is 1.72. The molecule has 9 heteroatoms. The third kappa shape index (κ3) is 5.50. The zero-order valence-electron chi connectivity index (χ0n) is 17.3. The predicted molar refractivity (Wildman–Crippen MR) is 113 cm³/mol. The van der Waals surface area contributed by atoms with Crippen LogP contribution in [0, 0.1) is 0 Å². The number of thioether (sulfide) groups is 1. The molecule has 30 heavy (non-hydrogen) atoms. The van der Waals surface area contributed by atoms with Crippen LogP contribution in [0.5, 0.6) is 0 Å². The summed E-state index contributed by atoms with van der Waals surface area (Å²) in [7, 11) is 3.30. The Morgan fingerprint density at radius 2 is 2.03 bits per heavy atom. The summed E-state index contributed by atoms with van der Waals surface area (Å²) in [4.78, 5) is 12.7. The number of ether oxygens (including phenoxy) is 2. The van der Waals surface area contributed by atoms with E-state index in [1.165, 1.54) is 11.8 Å². The van der Waals surface area contributed by atoms with Gasteiger partial charge in [-0.2, -0.15) is 0 Å². The fraction of sp³-hybridized carbons (Fsp3) is 0.381. The molecule has 8 nitrogen and oxygen atoms in total. The van der Waals surface area contributed by atoms with Crippen molar-refractivity contribution in [3.63, 3.8) is 0 Å². The second-order valence-electron chi connectivity index (χ2n) is 6.71. The van der Waals surface area contributed by atoms with Gasteiger partial charge in [0.2, 0.25) is 0 Å². The van der Waals surface area contributed by atoms with Crippen molar-refractivity contribution in [1.29, 1.82) is 0 Å². The molecule has 3 aromatic rings. The lowest BCUT2D eigenvalue weighted by Gasteiger charge is -2.17. The number of nitrogens with one attached hydrogen (secondary N) is 1. The maximum atomic E-state index is 12.7. The minimum atomic E-state index is -0.142. The van der Waals surface area contributed by atoms with Crippen LogP contribution in [0.25, 0.3) is 0 Å². The predicted octanol–water partition coefficient (Wildman–Crippen LogP) is 3.45. The highest BCUT2D eigenvalue weighted by Gasteiger charge is 2.19. The van der Waals surface area contributed by atoms with Crippen LogP contribution >= 0.6 is 11.8 Å². The number of furan rings is 1. The largest absolute Gasteiger partial charge is 0.467 e. The van der Waals surface area contributed by atoms with Crippen molar-refractivity contribution in [2.75, 3.05) is 20.8 Å². The first-order valence-electron chi connectivity index (χ1n) is 9.57. The maximum absolute atomic E-state index is 12.7. The summed E-state index contributed by atoms with van der Waals surface area (Å²) < 4.78 is 17.8. The SMILES string of the molecule is COCc1nnc(SCc2ccccc2C(=O)NCc2ccco2)n1C(C)COC. The number of carbonyl (C=O) groups excluding carboxylic acids is 1. The monoisotopic (exact) mass is 430 g/mol. The number of rotatable bonds is 11. The minimum Gasteiger partial charge on any atom is -0.467 e. The van der Waals surface area contributed by atoms with Gasteiger partial charge in [-0.1, -0.05) is 30.0 Å². The lowest BCUT2D eigenvalue weighted by molar-refractivity contribution is 0.0947. The molecule has 2 aromatic heterocycles. The molecule has 0 aliphatic carbocycles. The van der Waals surface area contributed by atoms with Gasteiger partial charge in [-0.15, -0.1) is 10.2 Å². The van der Waals surface area contributed by atoms with E-state index >= 15 is 0 Å². The molecule has 0 aliphatic rings. The van der Waals surface area contributed by atoms with E-state index in [1.54, 1.807) is 26.5 Å². The van der Waals surface area contributed by atoms with E-state index in [2.05, 4.69) is 15.5 Å². The van der Waals surface area contributed by atoms with Crippen molar-refractivity contribution < 1.29 is 18.7 Å². The molecule has 0 fully saturated rings. The van der Waals surface area contributed by atoms with Gasteiger partial charge in [-0.3, -0.25) is 9.36 Å². The molecule has 0 spiro atoms. The van der Waals surface area contributed by atoms with Crippen molar-refractivity contribution in [3.8, 4) is 0 Å². The highest BCUT2D eigenvalue weighted by molar-refractivity contribution is 7.98. The van der Waals surface area contributed by atoms with E-state index in [4.69, 9.17) is 13.9 Å². The first-order chi connectivity index (χ1) is 14.6. The number of carbonyl (C=O) groups is 1. The highest BCUT2D eigenvalue weighted by atomic mass is 32.2. The molecular formula is C21H26N4O4S. The molecule has 1 aromatic carbocycles. The van der Waals surface area contributed by atoms with Crippen LogP contribution in [0.2, 0.25) is 0 Å². The van der Waals surface area contributed by atoms with Gasteiger partial charge < -0.3 is 19.2 Å². The number of nitrogens with zero attached hydrogens (tertiary/aromatic N) is 3.